The zero-order valence-electron chi connectivity index (χ0n) is 14.5. The van der Waals surface area contributed by atoms with Crippen LogP contribution in [0.25, 0.3) is 0 Å². The Bertz CT molecular complexity index is 555. The minimum atomic E-state index is -0.478. The fourth-order valence-electron chi connectivity index (χ4n) is 1.93. The molecule has 140 valence electrons. The van der Waals surface area contributed by atoms with Crippen LogP contribution < -0.4 is 10.1 Å². The van der Waals surface area contributed by atoms with Crippen molar-refractivity contribution in [1.82, 2.24) is 5.32 Å². The quantitative estimate of drug-likeness (QED) is 0.321. The fourth-order valence-corrected chi connectivity index (χ4v) is 2.73. The zero-order valence-corrected chi connectivity index (χ0v) is 15.3. The predicted molar refractivity (Wildman–Crippen MR) is 96.1 cm³/mol. The van der Waals surface area contributed by atoms with Crippen molar-refractivity contribution >= 4 is 23.4 Å². The smallest absolute Gasteiger partial charge is 0.311 e. The molecule has 0 spiro atoms. The summed E-state index contributed by atoms with van der Waals surface area (Å²) in [4.78, 5) is 22.2. The van der Waals surface area contributed by atoms with Crippen LogP contribution in [-0.2, 0) is 20.0 Å². The predicted octanol–water partition coefficient (Wildman–Crippen LogP) is 2.01. The van der Waals surface area contributed by atoms with Crippen molar-refractivity contribution in [2.45, 2.75) is 12.2 Å². The third kappa shape index (κ3) is 8.71. The average molecular weight is 372 g/mol. The summed E-state index contributed by atoms with van der Waals surface area (Å²) < 4.78 is 15.1. The lowest BCUT2D eigenvalue weighted by molar-refractivity contribution is -0.385. The highest BCUT2D eigenvalue weighted by Gasteiger charge is 2.15. The van der Waals surface area contributed by atoms with Crippen LogP contribution in [0.5, 0.6) is 5.75 Å². The standard InChI is InChI=1S/C16H24N2O6S/c1-22-8-9-24-7-3-6-17-16(19)12-25-11-13-4-5-15(23-2)14(10-13)18(20)21/h4-5,10H,3,6-9,11-12H2,1-2H3,(H,17,19). The number of ether oxygens (including phenoxy) is 3. The Morgan fingerprint density at radius 1 is 1.28 bits per heavy atom. The Hall–Kier alpha value is -1.84. The molecule has 1 rings (SSSR count). The zero-order chi connectivity index (χ0) is 18.5. The van der Waals surface area contributed by atoms with E-state index in [1.807, 2.05) is 0 Å². The normalized spacial score (nSPS) is 10.5. The first kappa shape index (κ1) is 21.2. The van der Waals surface area contributed by atoms with Crippen molar-refractivity contribution in [3.8, 4) is 5.75 Å². The maximum absolute atomic E-state index is 11.7. The van der Waals surface area contributed by atoms with Crippen molar-refractivity contribution in [2.24, 2.45) is 0 Å². The minimum absolute atomic E-state index is 0.0649. The van der Waals surface area contributed by atoms with Crippen LogP contribution in [0.3, 0.4) is 0 Å². The highest BCUT2D eigenvalue weighted by Crippen LogP contribution is 2.28. The van der Waals surface area contributed by atoms with Crippen molar-refractivity contribution in [1.29, 1.82) is 0 Å². The minimum Gasteiger partial charge on any atom is -0.490 e. The van der Waals surface area contributed by atoms with E-state index in [1.54, 1.807) is 19.2 Å². The monoisotopic (exact) mass is 372 g/mol. The molecule has 1 aromatic rings. The van der Waals surface area contributed by atoms with E-state index < -0.39 is 4.92 Å². The SMILES string of the molecule is COCCOCCCNC(=O)CSCc1ccc(OC)c([N+](=O)[O-])c1. The van der Waals surface area contributed by atoms with Gasteiger partial charge in [-0.05, 0) is 18.1 Å². The number of nitro groups is 1. The first-order valence-electron chi connectivity index (χ1n) is 7.81. The Labute approximate surface area is 151 Å². The van der Waals surface area contributed by atoms with Gasteiger partial charge < -0.3 is 19.5 Å². The summed E-state index contributed by atoms with van der Waals surface area (Å²) in [5.41, 5.74) is 0.704. The second-order valence-electron chi connectivity index (χ2n) is 5.06. The van der Waals surface area contributed by atoms with Crippen LogP contribution >= 0.6 is 11.8 Å². The number of nitrogens with zero attached hydrogens (tertiary/aromatic N) is 1. The van der Waals surface area contributed by atoms with Crippen LogP contribution in [0.2, 0.25) is 0 Å². The number of carbonyl (C=O) groups excluding carboxylic acids is 1. The molecule has 0 unspecified atom stereocenters. The van der Waals surface area contributed by atoms with Crippen LogP contribution in [0.1, 0.15) is 12.0 Å². The summed E-state index contributed by atoms with van der Waals surface area (Å²) in [5, 5.41) is 13.8. The lowest BCUT2D eigenvalue weighted by Gasteiger charge is -2.07. The molecule has 0 aliphatic heterocycles. The number of methoxy groups -OCH3 is 2. The molecule has 1 aromatic carbocycles. The van der Waals surface area contributed by atoms with E-state index in [-0.39, 0.29) is 17.3 Å². The molecule has 0 aliphatic carbocycles. The summed E-state index contributed by atoms with van der Waals surface area (Å²) in [6.07, 6.45) is 0.741. The number of hydrogen-bond acceptors (Lipinski definition) is 7. The molecule has 0 atom stereocenters. The van der Waals surface area contributed by atoms with Crippen molar-refractivity contribution in [2.75, 3.05) is 46.3 Å². The maximum Gasteiger partial charge on any atom is 0.311 e. The lowest BCUT2D eigenvalue weighted by Crippen LogP contribution is -2.27. The average Bonchev–Trinajstić information content (AvgIpc) is 2.60. The summed E-state index contributed by atoms with van der Waals surface area (Å²) >= 11 is 1.40. The van der Waals surface area contributed by atoms with Crippen LogP contribution in [0.15, 0.2) is 18.2 Å². The molecule has 0 saturated heterocycles. The first-order chi connectivity index (χ1) is 12.1. The molecule has 8 nitrogen and oxygen atoms in total. The van der Waals surface area contributed by atoms with Gasteiger partial charge in [-0.3, -0.25) is 14.9 Å². The molecular formula is C16H24N2O6S. The fraction of sp³-hybridized carbons (Fsp3) is 0.562. The second-order valence-corrected chi connectivity index (χ2v) is 6.05. The van der Waals surface area contributed by atoms with Gasteiger partial charge in [-0.1, -0.05) is 6.07 Å². The molecule has 0 fully saturated rings. The van der Waals surface area contributed by atoms with E-state index in [0.717, 1.165) is 12.0 Å². The Balaban J connectivity index is 2.23. The number of amides is 1. The van der Waals surface area contributed by atoms with Gasteiger partial charge in [0.1, 0.15) is 0 Å². The molecule has 9 heteroatoms. The van der Waals surface area contributed by atoms with Gasteiger partial charge >= 0.3 is 5.69 Å². The number of carbonyl (C=O) groups is 1. The third-order valence-corrected chi connectivity index (χ3v) is 4.17. The molecule has 1 amide bonds. The Morgan fingerprint density at radius 3 is 2.76 bits per heavy atom. The van der Waals surface area contributed by atoms with Gasteiger partial charge in [-0.2, -0.15) is 0 Å². The summed E-state index contributed by atoms with van der Waals surface area (Å²) in [6.45, 7) is 2.24. The summed E-state index contributed by atoms with van der Waals surface area (Å²) in [7, 11) is 3.01. The van der Waals surface area contributed by atoms with E-state index in [0.29, 0.717) is 37.9 Å². The van der Waals surface area contributed by atoms with Gasteiger partial charge in [-0.15, -0.1) is 11.8 Å². The highest BCUT2D eigenvalue weighted by molar-refractivity contribution is 7.99. The van der Waals surface area contributed by atoms with E-state index in [2.05, 4.69) is 5.32 Å². The largest absolute Gasteiger partial charge is 0.490 e. The second kappa shape index (κ2) is 12.5. The molecule has 0 saturated carbocycles. The van der Waals surface area contributed by atoms with Gasteiger partial charge in [0, 0.05) is 32.1 Å². The van der Waals surface area contributed by atoms with E-state index in [1.165, 1.54) is 24.9 Å². The molecule has 0 aromatic heterocycles. The topological polar surface area (TPSA) is 99.9 Å². The molecule has 0 heterocycles. The summed E-state index contributed by atoms with van der Waals surface area (Å²) in [5.74, 6) is 0.969. The van der Waals surface area contributed by atoms with Crippen molar-refractivity contribution in [3.63, 3.8) is 0 Å². The molecule has 1 N–H and O–H groups in total. The molecule has 25 heavy (non-hydrogen) atoms. The number of benzene rings is 1. The van der Waals surface area contributed by atoms with E-state index in [9.17, 15) is 14.9 Å². The van der Waals surface area contributed by atoms with E-state index in [4.69, 9.17) is 14.2 Å². The van der Waals surface area contributed by atoms with Crippen molar-refractivity contribution in [3.05, 3.63) is 33.9 Å². The first-order valence-corrected chi connectivity index (χ1v) is 8.96. The van der Waals surface area contributed by atoms with Crippen LogP contribution in [0, 0.1) is 10.1 Å². The molecule has 0 radical (unpaired) electrons. The van der Waals surface area contributed by atoms with Crippen LogP contribution in [0.4, 0.5) is 5.69 Å². The van der Waals surface area contributed by atoms with Crippen LogP contribution in [-0.4, -0.2) is 57.2 Å². The molecule has 0 bridgehead atoms. The molecular weight excluding hydrogens is 348 g/mol. The van der Waals surface area contributed by atoms with Gasteiger partial charge in [0.25, 0.3) is 0 Å². The van der Waals surface area contributed by atoms with Crippen molar-refractivity contribution < 1.29 is 23.9 Å². The highest BCUT2D eigenvalue weighted by atomic mass is 32.2. The number of rotatable bonds is 13. The molecule has 0 aliphatic rings. The lowest BCUT2D eigenvalue weighted by atomic mass is 10.2. The number of hydrogen-bond donors (Lipinski definition) is 1. The number of nitro benzene ring substituents is 1. The van der Waals surface area contributed by atoms with E-state index >= 15 is 0 Å². The third-order valence-electron chi connectivity index (χ3n) is 3.16. The Kier molecular flexibility index (Phi) is 10.6. The maximum atomic E-state index is 11.7. The van der Waals surface area contributed by atoms with Gasteiger partial charge in [0.2, 0.25) is 5.91 Å². The Morgan fingerprint density at radius 2 is 2.08 bits per heavy atom. The van der Waals surface area contributed by atoms with Gasteiger partial charge in [-0.25, -0.2) is 0 Å². The summed E-state index contributed by atoms with van der Waals surface area (Å²) in [6, 6.07) is 4.80. The number of thioether (sulfide) groups is 1. The number of nitrogens with one attached hydrogen (secondary N) is 1. The van der Waals surface area contributed by atoms with Gasteiger partial charge in [0.15, 0.2) is 5.75 Å². The van der Waals surface area contributed by atoms with Gasteiger partial charge in [0.05, 0.1) is 31.0 Å².